The molecule has 0 spiro atoms. The van der Waals surface area contributed by atoms with Crippen LogP contribution in [0, 0.1) is 19.8 Å². The van der Waals surface area contributed by atoms with E-state index in [9.17, 15) is 4.79 Å². The smallest absolute Gasteiger partial charge is 0.220 e. The van der Waals surface area contributed by atoms with Gasteiger partial charge in [-0.3, -0.25) is 4.79 Å². The number of amides is 1. The first-order valence-electron chi connectivity index (χ1n) is 9.30. The molecule has 2 rings (SSSR count). The van der Waals surface area contributed by atoms with Gasteiger partial charge in [-0.05, 0) is 39.5 Å². The molecule has 0 atom stereocenters. The summed E-state index contributed by atoms with van der Waals surface area (Å²) >= 11 is 1.69. The van der Waals surface area contributed by atoms with Crippen LogP contribution in [0.2, 0.25) is 0 Å². The largest absolute Gasteiger partial charge is 0.357 e. The fraction of sp³-hybridized carbons (Fsp3) is 0.722. The second kappa shape index (κ2) is 12.5. The number of aromatic nitrogens is 1. The number of hydrogen-bond donors (Lipinski definition) is 3. The maximum Gasteiger partial charge on any atom is 0.220 e. The van der Waals surface area contributed by atoms with Crippen LogP contribution in [0.4, 0.5) is 0 Å². The second-order valence-corrected chi connectivity index (χ2v) is 7.86. The molecule has 3 N–H and O–H groups in total. The van der Waals surface area contributed by atoms with Gasteiger partial charge in [-0.2, -0.15) is 0 Å². The average molecular weight is 493 g/mol. The van der Waals surface area contributed by atoms with Crippen LogP contribution in [0.1, 0.15) is 54.6 Å². The van der Waals surface area contributed by atoms with E-state index in [2.05, 4.69) is 25.9 Å². The number of nitrogens with one attached hydrogen (secondary N) is 3. The second-order valence-electron chi connectivity index (χ2n) is 6.57. The lowest BCUT2D eigenvalue weighted by Gasteiger charge is -2.13. The van der Waals surface area contributed by atoms with E-state index in [0.717, 1.165) is 23.2 Å². The summed E-state index contributed by atoms with van der Waals surface area (Å²) < 4.78 is 0. The highest BCUT2D eigenvalue weighted by Gasteiger charge is 2.17. The number of guanidine groups is 1. The lowest BCUT2D eigenvalue weighted by Crippen LogP contribution is -2.41. The molecule has 1 heterocycles. The number of aliphatic imine (C=N–C) groups is 1. The predicted octanol–water partition coefficient (Wildman–Crippen LogP) is 3.13. The Bertz CT molecular complexity index is 584. The third-order valence-corrected chi connectivity index (χ3v) is 5.47. The first kappa shape index (κ1) is 23.1. The summed E-state index contributed by atoms with van der Waals surface area (Å²) in [5.74, 6) is 1.54. The molecular weight excluding hydrogens is 461 g/mol. The van der Waals surface area contributed by atoms with E-state index in [1.807, 2.05) is 20.8 Å². The first-order chi connectivity index (χ1) is 12.1. The molecule has 1 saturated carbocycles. The quantitative estimate of drug-likeness (QED) is 0.225. The number of aryl methyl sites for hydroxylation is 2. The molecule has 6 nitrogen and oxygen atoms in total. The average Bonchev–Trinajstić information content (AvgIpc) is 3.18. The molecule has 148 valence electrons. The van der Waals surface area contributed by atoms with Gasteiger partial charge in [0.25, 0.3) is 0 Å². The Morgan fingerprint density at radius 1 is 1.19 bits per heavy atom. The Morgan fingerprint density at radius 2 is 1.88 bits per heavy atom. The molecule has 0 aromatic carbocycles. The van der Waals surface area contributed by atoms with E-state index in [1.165, 1.54) is 30.6 Å². The molecule has 1 aliphatic carbocycles. The molecule has 1 aromatic rings. The van der Waals surface area contributed by atoms with Crippen LogP contribution in [-0.4, -0.2) is 36.5 Å². The summed E-state index contributed by atoms with van der Waals surface area (Å²) in [5, 5.41) is 10.6. The normalized spacial score (nSPS) is 14.8. The summed E-state index contributed by atoms with van der Waals surface area (Å²) in [6.45, 7) is 8.80. The lowest BCUT2D eigenvalue weighted by molar-refractivity contribution is -0.121. The number of thiazole rings is 1. The minimum absolute atomic E-state index is 0. The molecular formula is C18H32IN5OS. The van der Waals surface area contributed by atoms with Gasteiger partial charge < -0.3 is 16.0 Å². The van der Waals surface area contributed by atoms with Crippen LogP contribution in [0.25, 0.3) is 0 Å². The van der Waals surface area contributed by atoms with Crippen molar-refractivity contribution in [2.24, 2.45) is 10.9 Å². The van der Waals surface area contributed by atoms with Crippen molar-refractivity contribution >= 4 is 47.2 Å². The summed E-state index contributed by atoms with van der Waals surface area (Å²) in [4.78, 5) is 22.2. The van der Waals surface area contributed by atoms with E-state index < -0.39 is 0 Å². The summed E-state index contributed by atoms with van der Waals surface area (Å²) in [6, 6.07) is 0. The van der Waals surface area contributed by atoms with Crippen molar-refractivity contribution in [3.8, 4) is 0 Å². The molecule has 0 aliphatic heterocycles. The van der Waals surface area contributed by atoms with Crippen LogP contribution in [0.5, 0.6) is 0 Å². The Morgan fingerprint density at radius 3 is 2.50 bits per heavy atom. The van der Waals surface area contributed by atoms with E-state index in [0.29, 0.717) is 32.0 Å². The van der Waals surface area contributed by atoms with Gasteiger partial charge >= 0.3 is 0 Å². The number of carbonyl (C=O) groups is 1. The minimum Gasteiger partial charge on any atom is -0.357 e. The number of rotatable bonds is 8. The molecule has 1 fully saturated rings. The third-order valence-electron chi connectivity index (χ3n) is 4.41. The standard InChI is InChI=1S/C18H31N5OS.HI/c1-4-19-18(22-12-16-13(2)23-14(3)25-16)21-10-9-20-17(24)11-15-7-5-6-8-15;/h15H,4-12H2,1-3H3,(H,20,24)(H2,19,21,22);1H. The topological polar surface area (TPSA) is 78.4 Å². The molecule has 1 amide bonds. The number of nitrogens with zero attached hydrogens (tertiary/aromatic N) is 2. The minimum atomic E-state index is 0. The zero-order valence-corrected chi connectivity index (χ0v) is 19.2. The Kier molecular flexibility index (Phi) is 11.1. The van der Waals surface area contributed by atoms with E-state index in [-0.39, 0.29) is 29.9 Å². The highest BCUT2D eigenvalue weighted by Crippen LogP contribution is 2.27. The van der Waals surface area contributed by atoms with Crippen molar-refractivity contribution < 1.29 is 4.79 Å². The van der Waals surface area contributed by atoms with Gasteiger partial charge in [0.15, 0.2) is 5.96 Å². The zero-order chi connectivity index (χ0) is 18.1. The Labute approximate surface area is 178 Å². The maximum absolute atomic E-state index is 11.9. The Balaban J connectivity index is 0.00000338. The van der Waals surface area contributed by atoms with Crippen molar-refractivity contribution in [3.63, 3.8) is 0 Å². The monoisotopic (exact) mass is 493 g/mol. The molecule has 1 aliphatic rings. The molecule has 1 aromatic heterocycles. The highest BCUT2D eigenvalue weighted by atomic mass is 127. The number of hydrogen-bond acceptors (Lipinski definition) is 4. The van der Waals surface area contributed by atoms with Crippen molar-refractivity contribution in [1.82, 2.24) is 20.9 Å². The molecule has 8 heteroatoms. The first-order valence-corrected chi connectivity index (χ1v) is 10.1. The van der Waals surface area contributed by atoms with Crippen LogP contribution in [-0.2, 0) is 11.3 Å². The number of halogens is 1. The fourth-order valence-electron chi connectivity index (χ4n) is 3.14. The van der Waals surface area contributed by atoms with E-state index in [1.54, 1.807) is 11.3 Å². The van der Waals surface area contributed by atoms with Gasteiger partial charge in [0.1, 0.15) is 0 Å². The molecule has 0 bridgehead atoms. The fourth-order valence-corrected chi connectivity index (χ4v) is 4.01. The Hall–Kier alpha value is -0.900. The molecule has 0 radical (unpaired) electrons. The van der Waals surface area contributed by atoms with Gasteiger partial charge in [0.05, 0.1) is 17.2 Å². The van der Waals surface area contributed by atoms with E-state index >= 15 is 0 Å². The van der Waals surface area contributed by atoms with Crippen molar-refractivity contribution in [3.05, 3.63) is 15.6 Å². The SMILES string of the molecule is CCNC(=NCc1sc(C)nc1C)NCCNC(=O)CC1CCCC1.I. The molecule has 0 saturated heterocycles. The highest BCUT2D eigenvalue weighted by molar-refractivity contribution is 14.0. The predicted molar refractivity (Wildman–Crippen MR) is 119 cm³/mol. The van der Waals surface area contributed by atoms with Crippen LogP contribution >= 0.6 is 35.3 Å². The zero-order valence-electron chi connectivity index (χ0n) is 16.1. The maximum atomic E-state index is 11.9. The summed E-state index contributed by atoms with van der Waals surface area (Å²) in [5.41, 5.74) is 1.06. The summed E-state index contributed by atoms with van der Waals surface area (Å²) in [7, 11) is 0. The van der Waals surface area contributed by atoms with Crippen LogP contribution < -0.4 is 16.0 Å². The van der Waals surface area contributed by atoms with Gasteiger partial charge in [-0.25, -0.2) is 9.98 Å². The van der Waals surface area contributed by atoms with Gasteiger partial charge in [-0.15, -0.1) is 35.3 Å². The summed E-state index contributed by atoms with van der Waals surface area (Å²) in [6.07, 6.45) is 5.65. The van der Waals surface area contributed by atoms with Gasteiger partial charge in [0, 0.05) is 30.9 Å². The van der Waals surface area contributed by atoms with E-state index in [4.69, 9.17) is 0 Å². The third kappa shape index (κ3) is 8.20. The van der Waals surface area contributed by atoms with Gasteiger partial charge in [0.2, 0.25) is 5.91 Å². The van der Waals surface area contributed by atoms with Crippen LogP contribution in [0.3, 0.4) is 0 Å². The number of carbonyl (C=O) groups excluding carboxylic acids is 1. The van der Waals surface area contributed by atoms with Crippen molar-refractivity contribution in [2.45, 2.75) is 59.4 Å². The molecule has 26 heavy (non-hydrogen) atoms. The molecule has 0 unspecified atom stereocenters. The van der Waals surface area contributed by atoms with Gasteiger partial charge in [-0.1, -0.05) is 12.8 Å². The van der Waals surface area contributed by atoms with Crippen LogP contribution in [0.15, 0.2) is 4.99 Å². The lowest BCUT2D eigenvalue weighted by atomic mass is 10.0. The van der Waals surface area contributed by atoms with Crippen molar-refractivity contribution in [1.29, 1.82) is 0 Å². The van der Waals surface area contributed by atoms with Crippen molar-refractivity contribution in [2.75, 3.05) is 19.6 Å².